The molecule has 0 aromatic heterocycles. The number of phenolic OH excluding ortho intramolecular Hbond substituents is 1. The molecule has 0 aliphatic carbocycles. The number of ketones is 1. The number of rotatable bonds is 5. The van der Waals surface area contributed by atoms with Gasteiger partial charge < -0.3 is 10.0 Å². The van der Waals surface area contributed by atoms with Gasteiger partial charge in [-0.1, -0.05) is 17.7 Å². The fraction of sp³-hybridized carbons (Fsp3) is 0.381. The van der Waals surface area contributed by atoms with Crippen molar-refractivity contribution in [3.05, 3.63) is 53.1 Å². The summed E-state index contributed by atoms with van der Waals surface area (Å²) in [5, 5.41) is 9.98. The molecule has 2 aliphatic rings. The molecule has 0 bridgehead atoms. The highest BCUT2D eigenvalue weighted by Crippen LogP contribution is 2.35. The first-order chi connectivity index (χ1) is 13.6. The lowest BCUT2D eigenvalue weighted by Gasteiger charge is -2.36. The van der Waals surface area contributed by atoms with E-state index in [-0.39, 0.29) is 5.78 Å². The van der Waals surface area contributed by atoms with Crippen LogP contribution in [0.15, 0.2) is 47.4 Å². The SMILES string of the molecule is O=C1CN(CCCN2CCN(c3ccc(O)cc3)CC2)Sc2cccc(Cl)c21. The third-order valence-electron chi connectivity index (χ3n) is 5.27. The van der Waals surface area contributed by atoms with E-state index < -0.39 is 0 Å². The molecule has 148 valence electrons. The zero-order chi connectivity index (χ0) is 19.5. The molecule has 0 radical (unpaired) electrons. The summed E-state index contributed by atoms with van der Waals surface area (Å²) in [5.41, 5.74) is 1.84. The van der Waals surface area contributed by atoms with Crippen LogP contribution in [0.25, 0.3) is 0 Å². The van der Waals surface area contributed by atoms with Crippen LogP contribution in [0.2, 0.25) is 5.02 Å². The minimum atomic E-state index is 0.113. The van der Waals surface area contributed by atoms with E-state index in [0.717, 1.165) is 56.3 Å². The van der Waals surface area contributed by atoms with Gasteiger partial charge in [-0.05, 0) is 61.3 Å². The van der Waals surface area contributed by atoms with Gasteiger partial charge in [0, 0.05) is 43.3 Å². The van der Waals surface area contributed by atoms with Gasteiger partial charge in [0.05, 0.1) is 17.1 Å². The molecule has 2 aromatic carbocycles. The number of nitrogens with zero attached hydrogens (tertiary/aromatic N) is 3. The van der Waals surface area contributed by atoms with E-state index in [2.05, 4.69) is 14.1 Å². The molecule has 0 amide bonds. The lowest BCUT2D eigenvalue weighted by molar-refractivity contribution is 0.0961. The van der Waals surface area contributed by atoms with Crippen LogP contribution in [0.1, 0.15) is 16.8 Å². The fourth-order valence-electron chi connectivity index (χ4n) is 3.75. The maximum Gasteiger partial charge on any atom is 0.180 e. The number of hydrogen-bond donors (Lipinski definition) is 1. The predicted molar refractivity (Wildman–Crippen MR) is 115 cm³/mol. The Hall–Kier alpha value is -1.73. The van der Waals surface area contributed by atoms with Crippen molar-refractivity contribution in [2.45, 2.75) is 11.3 Å². The van der Waals surface area contributed by atoms with Gasteiger partial charge in [0.15, 0.2) is 5.78 Å². The van der Waals surface area contributed by atoms with Crippen LogP contribution in [0.5, 0.6) is 5.75 Å². The number of benzene rings is 2. The molecule has 1 fully saturated rings. The normalized spacial score (nSPS) is 18.3. The van der Waals surface area contributed by atoms with Gasteiger partial charge in [-0.2, -0.15) is 0 Å². The molecule has 2 aromatic rings. The number of carbonyl (C=O) groups excluding carboxylic acids is 1. The van der Waals surface area contributed by atoms with Gasteiger partial charge in [0.2, 0.25) is 0 Å². The van der Waals surface area contributed by atoms with E-state index in [0.29, 0.717) is 22.9 Å². The van der Waals surface area contributed by atoms with E-state index in [4.69, 9.17) is 11.6 Å². The van der Waals surface area contributed by atoms with Crippen molar-refractivity contribution in [3.8, 4) is 5.75 Å². The van der Waals surface area contributed by atoms with Gasteiger partial charge in [0.25, 0.3) is 0 Å². The average Bonchev–Trinajstić information content (AvgIpc) is 2.69. The highest BCUT2D eigenvalue weighted by molar-refractivity contribution is 7.97. The zero-order valence-corrected chi connectivity index (χ0v) is 17.3. The quantitative estimate of drug-likeness (QED) is 0.747. The van der Waals surface area contributed by atoms with Gasteiger partial charge in [-0.15, -0.1) is 0 Å². The number of phenols is 1. The number of fused-ring (bicyclic) bond motifs is 1. The second-order valence-corrected chi connectivity index (χ2v) is 8.74. The van der Waals surface area contributed by atoms with Crippen LogP contribution in [-0.4, -0.2) is 65.9 Å². The van der Waals surface area contributed by atoms with Crippen LogP contribution < -0.4 is 4.90 Å². The largest absolute Gasteiger partial charge is 0.508 e. The first-order valence-corrected chi connectivity index (χ1v) is 10.8. The summed E-state index contributed by atoms with van der Waals surface area (Å²) in [4.78, 5) is 18.2. The van der Waals surface area contributed by atoms with E-state index in [1.54, 1.807) is 30.1 Å². The lowest BCUT2D eigenvalue weighted by Crippen LogP contribution is -2.47. The summed E-state index contributed by atoms with van der Waals surface area (Å²) in [6.07, 6.45) is 1.04. The second-order valence-electron chi connectivity index (χ2n) is 7.19. The molecular weight excluding hydrogens is 394 g/mol. The third-order valence-corrected chi connectivity index (χ3v) is 6.69. The minimum Gasteiger partial charge on any atom is -0.508 e. The Kier molecular flexibility index (Phi) is 6.11. The molecule has 1 N–H and O–H groups in total. The topological polar surface area (TPSA) is 47.0 Å². The van der Waals surface area contributed by atoms with Crippen LogP contribution >= 0.6 is 23.5 Å². The number of Topliss-reactive ketones (excluding diaryl/α,β-unsaturated/α-hetero) is 1. The molecule has 4 rings (SSSR count). The maximum atomic E-state index is 12.4. The van der Waals surface area contributed by atoms with Crippen molar-refractivity contribution in [2.24, 2.45) is 0 Å². The zero-order valence-electron chi connectivity index (χ0n) is 15.7. The molecule has 0 unspecified atom stereocenters. The summed E-state index contributed by atoms with van der Waals surface area (Å²) < 4.78 is 2.15. The lowest BCUT2D eigenvalue weighted by atomic mass is 10.1. The highest BCUT2D eigenvalue weighted by Gasteiger charge is 2.26. The number of hydrogen-bond acceptors (Lipinski definition) is 6. The first-order valence-electron chi connectivity index (χ1n) is 9.61. The number of halogens is 1. The average molecular weight is 418 g/mol. The molecule has 2 heterocycles. The van der Waals surface area contributed by atoms with Crippen molar-refractivity contribution < 1.29 is 9.90 Å². The molecule has 0 spiro atoms. The fourth-order valence-corrected chi connectivity index (χ4v) is 5.22. The van der Waals surface area contributed by atoms with Crippen molar-refractivity contribution in [1.29, 1.82) is 0 Å². The Bertz CT molecular complexity index is 838. The second kappa shape index (κ2) is 8.74. The Morgan fingerprint density at radius 1 is 1.00 bits per heavy atom. The Morgan fingerprint density at radius 2 is 1.75 bits per heavy atom. The summed E-state index contributed by atoms with van der Waals surface area (Å²) in [6.45, 7) is 6.41. The van der Waals surface area contributed by atoms with Crippen molar-refractivity contribution in [2.75, 3.05) is 50.7 Å². The van der Waals surface area contributed by atoms with E-state index in [1.807, 2.05) is 24.3 Å². The van der Waals surface area contributed by atoms with Crippen LogP contribution in [0.4, 0.5) is 5.69 Å². The van der Waals surface area contributed by atoms with Crippen molar-refractivity contribution in [1.82, 2.24) is 9.21 Å². The highest BCUT2D eigenvalue weighted by atomic mass is 35.5. The summed E-state index contributed by atoms with van der Waals surface area (Å²) in [7, 11) is 0. The van der Waals surface area contributed by atoms with Gasteiger partial charge in [0.1, 0.15) is 5.75 Å². The van der Waals surface area contributed by atoms with Crippen LogP contribution in [0, 0.1) is 0 Å². The number of aromatic hydroxyl groups is 1. The van der Waals surface area contributed by atoms with E-state index >= 15 is 0 Å². The van der Waals surface area contributed by atoms with Crippen molar-refractivity contribution >= 4 is 35.0 Å². The first kappa shape index (κ1) is 19.6. The molecule has 7 heteroatoms. The molecule has 0 atom stereocenters. The van der Waals surface area contributed by atoms with Crippen molar-refractivity contribution in [3.63, 3.8) is 0 Å². The number of anilines is 1. The summed E-state index contributed by atoms with van der Waals surface area (Å²) >= 11 is 7.82. The third kappa shape index (κ3) is 4.46. The van der Waals surface area contributed by atoms with E-state index in [9.17, 15) is 9.90 Å². The van der Waals surface area contributed by atoms with Gasteiger partial charge in [-0.25, -0.2) is 4.31 Å². The summed E-state index contributed by atoms with van der Waals surface area (Å²) in [6, 6.07) is 13.1. The van der Waals surface area contributed by atoms with E-state index in [1.165, 1.54) is 0 Å². The minimum absolute atomic E-state index is 0.113. The molecule has 28 heavy (non-hydrogen) atoms. The van der Waals surface area contributed by atoms with Gasteiger partial charge >= 0.3 is 0 Å². The van der Waals surface area contributed by atoms with Crippen LogP contribution in [0.3, 0.4) is 0 Å². The summed E-state index contributed by atoms with van der Waals surface area (Å²) in [5.74, 6) is 0.420. The standard InChI is InChI=1S/C21H24ClN3O2S/c22-18-3-1-4-20-21(18)19(27)15-25(28-20)10-2-9-23-11-13-24(14-12-23)16-5-7-17(26)8-6-16/h1,3-8,26H,2,9-15H2. The van der Waals surface area contributed by atoms with Crippen LogP contribution in [-0.2, 0) is 0 Å². The molecule has 0 saturated carbocycles. The number of piperazine rings is 1. The molecule has 2 aliphatic heterocycles. The Morgan fingerprint density at radius 3 is 2.50 bits per heavy atom. The Balaban J connectivity index is 1.22. The Labute approximate surface area is 175 Å². The monoisotopic (exact) mass is 417 g/mol. The molecule has 5 nitrogen and oxygen atoms in total. The maximum absolute atomic E-state index is 12.4. The predicted octanol–water partition coefficient (Wildman–Crippen LogP) is 3.76. The molecular formula is C21H24ClN3O2S. The smallest absolute Gasteiger partial charge is 0.180 e. The number of carbonyl (C=O) groups is 1. The van der Waals surface area contributed by atoms with Gasteiger partial charge in [-0.3, -0.25) is 9.69 Å². The molecule has 1 saturated heterocycles.